The van der Waals surface area contributed by atoms with Crippen LogP contribution < -0.4 is 14.8 Å². The minimum absolute atomic E-state index is 0.165. The molecule has 2 aliphatic heterocycles. The van der Waals surface area contributed by atoms with Crippen molar-refractivity contribution < 1.29 is 28.9 Å². The lowest BCUT2D eigenvalue weighted by atomic mass is 10.1. The molecule has 2 heterocycles. The Balaban J connectivity index is 1.70. The molecule has 112 valence electrons. The van der Waals surface area contributed by atoms with Gasteiger partial charge in [0.05, 0.1) is 0 Å². The number of carboxylic acid groups (broad SMARTS) is 1. The highest BCUT2D eigenvalue weighted by atomic mass is 16.7. The third kappa shape index (κ3) is 2.64. The maximum atomic E-state index is 12.1. The molecule has 1 fully saturated rings. The molecule has 1 aromatic rings. The first kappa shape index (κ1) is 13.7. The molecule has 2 N–H and O–H groups in total. The average Bonchev–Trinajstić information content (AvgIpc) is 3.07. The lowest BCUT2D eigenvalue weighted by molar-refractivity contribution is -0.150. The zero-order chi connectivity index (χ0) is 15.0. The number of amides is 1. The van der Waals surface area contributed by atoms with Gasteiger partial charge in [-0.15, -0.1) is 0 Å². The van der Waals surface area contributed by atoms with Gasteiger partial charge in [-0.3, -0.25) is 4.79 Å². The quantitative estimate of drug-likeness (QED) is 0.872. The number of rotatable bonds is 3. The summed E-state index contributed by atoms with van der Waals surface area (Å²) in [4.78, 5) is 23.0. The van der Waals surface area contributed by atoms with E-state index in [-0.39, 0.29) is 12.7 Å². The van der Waals surface area contributed by atoms with E-state index in [2.05, 4.69) is 5.32 Å². The summed E-state index contributed by atoms with van der Waals surface area (Å²) in [5.74, 6) is -0.162. The highest BCUT2D eigenvalue weighted by Gasteiger charge is 2.35. The van der Waals surface area contributed by atoms with Gasteiger partial charge in [-0.25, -0.2) is 4.79 Å². The van der Waals surface area contributed by atoms with Crippen LogP contribution in [-0.2, 0) is 14.3 Å². The number of hydrogen-bond donors (Lipinski definition) is 2. The van der Waals surface area contributed by atoms with Gasteiger partial charge in [-0.1, -0.05) is 0 Å². The molecule has 1 amide bonds. The Morgan fingerprint density at radius 2 is 1.86 bits per heavy atom. The van der Waals surface area contributed by atoms with Gasteiger partial charge >= 0.3 is 5.97 Å². The smallest absolute Gasteiger partial charge is 0.332 e. The molecule has 0 aromatic heterocycles. The fraction of sp³-hybridized carbons (Fsp3) is 0.429. The van der Waals surface area contributed by atoms with Crippen LogP contribution in [0, 0.1) is 6.92 Å². The number of hydrogen-bond acceptors (Lipinski definition) is 5. The van der Waals surface area contributed by atoms with E-state index < -0.39 is 18.2 Å². The number of carbonyl (C=O) groups is 2. The molecule has 2 atom stereocenters. The van der Waals surface area contributed by atoms with Crippen molar-refractivity contribution in [1.82, 2.24) is 0 Å². The largest absolute Gasteiger partial charge is 0.479 e. The number of benzene rings is 1. The first-order valence-electron chi connectivity index (χ1n) is 6.64. The standard InChI is InChI=1S/C14H15NO6/c1-7-4-11-12(20-6-19-11)5-8(7)15-13(16)9-2-3-10(21-9)14(17)18/h4-5,9-10H,2-3,6H2,1H3,(H,15,16)(H,17,18)/t9-,10+/m0/s1. The second kappa shape index (κ2) is 5.25. The summed E-state index contributed by atoms with van der Waals surface area (Å²) in [6.45, 7) is 2.01. The van der Waals surface area contributed by atoms with Crippen LogP contribution in [0.4, 0.5) is 5.69 Å². The summed E-state index contributed by atoms with van der Waals surface area (Å²) >= 11 is 0. The number of ether oxygens (including phenoxy) is 3. The van der Waals surface area contributed by atoms with Crippen molar-refractivity contribution >= 4 is 17.6 Å². The Kier molecular flexibility index (Phi) is 3.42. The highest BCUT2D eigenvalue weighted by Crippen LogP contribution is 2.37. The summed E-state index contributed by atoms with van der Waals surface area (Å²) in [5.41, 5.74) is 1.44. The van der Waals surface area contributed by atoms with E-state index in [0.717, 1.165) is 5.56 Å². The zero-order valence-corrected chi connectivity index (χ0v) is 11.4. The van der Waals surface area contributed by atoms with Crippen LogP contribution in [0.3, 0.4) is 0 Å². The molecule has 0 saturated carbocycles. The Hall–Kier alpha value is -2.28. The number of aliphatic carboxylic acids is 1. The fourth-order valence-corrected chi connectivity index (χ4v) is 2.40. The topological polar surface area (TPSA) is 94.1 Å². The monoisotopic (exact) mass is 293 g/mol. The SMILES string of the molecule is Cc1cc2c(cc1NC(=O)[C@@H]1CC[C@H](C(=O)O)O1)OCO2. The Labute approximate surface area is 120 Å². The molecule has 21 heavy (non-hydrogen) atoms. The maximum absolute atomic E-state index is 12.1. The van der Waals surface area contributed by atoms with Crippen LogP contribution >= 0.6 is 0 Å². The Morgan fingerprint density at radius 3 is 2.52 bits per heavy atom. The maximum Gasteiger partial charge on any atom is 0.332 e. The summed E-state index contributed by atoms with van der Waals surface area (Å²) in [5, 5.41) is 11.6. The molecule has 1 aromatic carbocycles. The van der Waals surface area contributed by atoms with E-state index in [1.54, 1.807) is 12.1 Å². The fourth-order valence-electron chi connectivity index (χ4n) is 2.40. The van der Waals surface area contributed by atoms with Crippen molar-refractivity contribution in [3.05, 3.63) is 17.7 Å². The molecule has 0 aliphatic carbocycles. The highest BCUT2D eigenvalue weighted by molar-refractivity contribution is 5.95. The number of aryl methyl sites for hydroxylation is 1. The molecule has 7 heteroatoms. The van der Waals surface area contributed by atoms with Crippen molar-refractivity contribution in [2.45, 2.75) is 32.0 Å². The van der Waals surface area contributed by atoms with Gasteiger partial charge < -0.3 is 24.6 Å². The second-order valence-electron chi connectivity index (χ2n) is 5.04. The van der Waals surface area contributed by atoms with Crippen LogP contribution in [0.2, 0.25) is 0 Å². The van der Waals surface area contributed by atoms with E-state index in [0.29, 0.717) is 30.0 Å². The van der Waals surface area contributed by atoms with E-state index in [9.17, 15) is 9.59 Å². The molecule has 0 radical (unpaired) electrons. The molecule has 1 saturated heterocycles. The summed E-state index contributed by atoms with van der Waals surface area (Å²) in [7, 11) is 0. The van der Waals surface area contributed by atoms with Gasteiger partial charge in [0.2, 0.25) is 6.79 Å². The normalized spacial score (nSPS) is 23.1. The lowest BCUT2D eigenvalue weighted by Gasteiger charge is -2.14. The van der Waals surface area contributed by atoms with Gasteiger partial charge in [-0.2, -0.15) is 0 Å². The number of carboxylic acids is 1. The van der Waals surface area contributed by atoms with Crippen LogP contribution in [0.15, 0.2) is 12.1 Å². The first-order valence-corrected chi connectivity index (χ1v) is 6.64. The van der Waals surface area contributed by atoms with Crippen LogP contribution in [0.5, 0.6) is 11.5 Å². The predicted molar refractivity (Wildman–Crippen MR) is 71.5 cm³/mol. The van der Waals surface area contributed by atoms with Gasteiger partial charge in [0.25, 0.3) is 5.91 Å². The Morgan fingerprint density at radius 1 is 1.19 bits per heavy atom. The van der Waals surface area contributed by atoms with E-state index in [1.165, 1.54) is 0 Å². The van der Waals surface area contributed by atoms with Crippen LogP contribution in [0.25, 0.3) is 0 Å². The lowest BCUT2D eigenvalue weighted by Crippen LogP contribution is -2.30. The summed E-state index contributed by atoms with van der Waals surface area (Å²) in [6, 6.07) is 3.48. The van der Waals surface area contributed by atoms with Gasteiger partial charge in [0.15, 0.2) is 17.6 Å². The van der Waals surface area contributed by atoms with Gasteiger partial charge in [0, 0.05) is 11.8 Å². The molecule has 3 rings (SSSR count). The summed E-state index contributed by atoms with van der Waals surface area (Å²) < 4.78 is 15.7. The minimum Gasteiger partial charge on any atom is -0.479 e. The van der Waals surface area contributed by atoms with Crippen LogP contribution in [-0.4, -0.2) is 36.0 Å². The van der Waals surface area contributed by atoms with Gasteiger partial charge in [0.1, 0.15) is 6.10 Å². The van der Waals surface area contributed by atoms with E-state index >= 15 is 0 Å². The van der Waals surface area contributed by atoms with E-state index in [1.807, 2.05) is 6.92 Å². The minimum atomic E-state index is -1.04. The number of nitrogens with one attached hydrogen (secondary N) is 1. The number of carbonyl (C=O) groups excluding carboxylic acids is 1. The zero-order valence-electron chi connectivity index (χ0n) is 11.4. The van der Waals surface area contributed by atoms with Gasteiger partial charge in [-0.05, 0) is 31.4 Å². The van der Waals surface area contributed by atoms with E-state index in [4.69, 9.17) is 19.3 Å². The second-order valence-corrected chi connectivity index (χ2v) is 5.04. The molecular weight excluding hydrogens is 278 g/mol. The van der Waals surface area contributed by atoms with Crippen molar-refractivity contribution in [1.29, 1.82) is 0 Å². The first-order chi connectivity index (χ1) is 10.0. The predicted octanol–water partition coefficient (Wildman–Crippen LogP) is 1.29. The number of anilines is 1. The molecule has 0 bridgehead atoms. The Bertz CT molecular complexity index is 599. The molecule has 0 unspecified atom stereocenters. The van der Waals surface area contributed by atoms with Crippen molar-refractivity contribution in [2.75, 3.05) is 12.1 Å². The number of fused-ring (bicyclic) bond motifs is 1. The molecule has 0 spiro atoms. The average molecular weight is 293 g/mol. The van der Waals surface area contributed by atoms with Crippen molar-refractivity contribution in [3.63, 3.8) is 0 Å². The summed E-state index contributed by atoms with van der Waals surface area (Å²) in [6.07, 6.45) is -0.908. The third-order valence-electron chi connectivity index (χ3n) is 3.56. The van der Waals surface area contributed by atoms with Crippen LogP contribution in [0.1, 0.15) is 18.4 Å². The molecule has 2 aliphatic rings. The van der Waals surface area contributed by atoms with Crippen molar-refractivity contribution in [3.8, 4) is 11.5 Å². The molecule has 7 nitrogen and oxygen atoms in total. The third-order valence-corrected chi connectivity index (χ3v) is 3.56. The van der Waals surface area contributed by atoms with Crippen molar-refractivity contribution in [2.24, 2.45) is 0 Å². The molecular formula is C14H15NO6.